The van der Waals surface area contributed by atoms with Crippen LogP contribution in [0.25, 0.3) is 0 Å². The highest BCUT2D eigenvalue weighted by molar-refractivity contribution is 5.54. The van der Waals surface area contributed by atoms with Crippen LogP contribution >= 0.6 is 0 Å². The van der Waals surface area contributed by atoms with Crippen molar-refractivity contribution in [2.24, 2.45) is 11.8 Å². The summed E-state index contributed by atoms with van der Waals surface area (Å²) in [6.45, 7) is 0.214. The van der Waals surface area contributed by atoms with Crippen molar-refractivity contribution in [1.29, 1.82) is 5.26 Å². The fourth-order valence-corrected chi connectivity index (χ4v) is 9.29. The zero-order chi connectivity index (χ0) is 33.4. The minimum atomic E-state index is -0.421. The number of para-hydroxylation sites is 2. The summed E-state index contributed by atoms with van der Waals surface area (Å²) in [5.41, 5.74) is 3.78. The molecule has 4 aliphatic rings. The van der Waals surface area contributed by atoms with Crippen LogP contribution in [0.2, 0.25) is 0 Å². The van der Waals surface area contributed by atoms with Crippen LogP contribution in [0.5, 0.6) is 28.7 Å². The first-order chi connectivity index (χ1) is 23.9. The molecule has 0 heterocycles. The van der Waals surface area contributed by atoms with E-state index in [1.54, 1.807) is 24.3 Å². The molecule has 4 saturated carbocycles. The molecule has 5 aromatic rings. The monoisotopic (exact) mass is 648 g/mol. The Labute approximate surface area is 285 Å². The number of ether oxygens (including phenoxy) is 3. The fourth-order valence-electron chi connectivity index (χ4n) is 9.29. The molecule has 7 heteroatoms. The molecule has 244 valence electrons. The third-order valence-corrected chi connectivity index (χ3v) is 10.8. The molecule has 9 rings (SSSR count). The summed E-state index contributed by atoms with van der Waals surface area (Å²) in [6, 6.07) is 40.6. The molecular weight excluding hydrogens is 612 g/mol. The van der Waals surface area contributed by atoms with Gasteiger partial charge in [-0.3, -0.25) is 10.1 Å². The SMILES string of the molecule is N#Cc1ccc(Oc2ccccc2C23CC4CC(C2)CC(c2ccccc2Oc2ccc([N+](=O)[O-])c(OCc5ccccc5)c2)(C4)C3)cc1. The first kappa shape index (κ1) is 30.7. The zero-order valence-corrected chi connectivity index (χ0v) is 27.1. The van der Waals surface area contributed by atoms with Crippen LogP contribution in [0, 0.1) is 33.3 Å². The highest BCUT2D eigenvalue weighted by Crippen LogP contribution is 2.68. The summed E-state index contributed by atoms with van der Waals surface area (Å²) in [4.78, 5) is 11.5. The molecule has 4 bridgehead atoms. The van der Waals surface area contributed by atoms with Gasteiger partial charge in [0.25, 0.3) is 0 Å². The van der Waals surface area contributed by atoms with Gasteiger partial charge < -0.3 is 14.2 Å². The second-order valence-corrected chi connectivity index (χ2v) is 14.0. The van der Waals surface area contributed by atoms with E-state index in [4.69, 9.17) is 14.2 Å². The van der Waals surface area contributed by atoms with Gasteiger partial charge in [0.15, 0.2) is 0 Å². The van der Waals surface area contributed by atoms with Crippen LogP contribution in [0.3, 0.4) is 0 Å². The van der Waals surface area contributed by atoms with E-state index < -0.39 is 4.92 Å². The summed E-state index contributed by atoms with van der Waals surface area (Å²) >= 11 is 0. The minimum absolute atomic E-state index is 0.0355. The third-order valence-electron chi connectivity index (χ3n) is 10.8. The van der Waals surface area contributed by atoms with Crippen molar-refractivity contribution in [2.45, 2.75) is 56.0 Å². The third kappa shape index (κ3) is 5.89. The predicted octanol–water partition coefficient (Wildman–Crippen LogP) is 10.4. The molecule has 0 spiro atoms. The predicted molar refractivity (Wildman–Crippen MR) is 186 cm³/mol. The lowest BCUT2D eigenvalue weighted by Crippen LogP contribution is -2.56. The molecule has 0 radical (unpaired) electrons. The molecule has 5 aromatic carbocycles. The Morgan fingerprint density at radius 1 is 0.694 bits per heavy atom. The van der Waals surface area contributed by atoms with Gasteiger partial charge in [-0.15, -0.1) is 0 Å². The van der Waals surface area contributed by atoms with E-state index in [2.05, 4.69) is 36.4 Å². The van der Waals surface area contributed by atoms with Gasteiger partial charge in [-0.2, -0.15) is 5.26 Å². The molecule has 4 fully saturated rings. The van der Waals surface area contributed by atoms with Crippen molar-refractivity contribution in [3.63, 3.8) is 0 Å². The molecule has 0 saturated heterocycles. The van der Waals surface area contributed by atoms with Gasteiger partial charge in [-0.1, -0.05) is 66.7 Å². The lowest BCUT2D eigenvalue weighted by atomic mass is 9.41. The lowest BCUT2D eigenvalue weighted by molar-refractivity contribution is -0.386. The second-order valence-electron chi connectivity index (χ2n) is 14.0. The molecule has 0 N–H and O–H groups in total. The topological polar surface area (TPSA) is 94.6 Å². The van der Waals surface area contributed by atoms with E-state index in [0.717, 1.165) is 54.9 Å². The van der Waals surface area contributed by atoms with E-state index in [-0.39, 0.29) is 28.9 Å². The quantitative estimate of drug-likeness (QED) is 0.110. The van der Waals surface area contributed by atoms with E-state index in [0.29, 0.717) is 23.1 Å². The first-order valence-corrected chi connectivity index (χ1v) is 16.9. The lowest BCUT2D eigenvalue weighted by Gasteiger charge is -2.63. The number of nitriles is 1. The van der Waals surface area contributed by atoms with Gasteiger partial charge in [0, 0.05) is 34.1 Å². The minimum Gasteiger partial charge on any atom is -0.482 e. The molecule has 0 aliphatic heterocycles. The van der Waals surface area contributed by atoms with Gasteiger partial charge in [0.2, 0.25) is 5.75 Å². The average molecular weight is 649 g/mol. The van der Waals surface area contributed by atoms with Crippen molar-refractivity contribution in [1.82, 2.24) is 0 Å². The van der Waals surface area contributed by atoms with Crippen molar-refractivity contribution in [3.8, 4) is 34.8 Å². The smallest absolute Gasteiger partial charge is 0.311 e. The average Bonchev–Trinajstić information content (AvgIpc) is 3.11. The van der Waals surface area contributed by atoms with Crippen LogP contribution in [0.4, 0.5) is 5.69 Å². The Kier molecular flexibility index (Phi) is 7.80. The summed E-state index contributed by atoms with van der Waals surface area (Å²) in [7, 11) is 0. The number of hydrogen-bond acceptors (Lipinski definition) is 6. The van der Waals surface area contributed by atoms with Crippen LogP contribution < -0.4 is 14.2 Å². The highest BCUT2D eigenvalue weighted by Gasteiger charge is 2.59. The van der Waals surface area contributed by atoms with Crippen LogP contribution in [-0.4, -0.2) is 4.92 Å². The largest absolute Gasteiger partial charge is 0.482 e. The number of hydrogen-bond donors (Lipinski definition) is 0. The number of nitrogens with zero attached hydrogens (tertiary/aromatic N) is 2. The summed E-state index contributed by atoms with van der Waals surface area (Å²) in [5.74, 6) is 4.25. The number of nitro groups is 1. The zero-order valence-electron chi connectivity index (χ0n) is 27.1. The van der Waals surface area contributed by atoms with Gasteiger partial charge in [0.1, 0.15) is 29.6 Å². The van der Waals surface area contributed by atoms with Crippen molar-refractivity contribution in [3.05, 3.63) is 154 Å². The maximum absolute atomic E-state index is 11.9. The highest BCUT2D eigenvalue weighted by atomic mass is 16.6. The fraction of sp³-hybridized carbons (Fsp3) is 0.262. The van der Waals surface area contributed by atoms with Gasteiger partial charge in [-0.05, 0) is 98.4 Å². The first-order valence-electron chi connectivity index (χ1n) is 16.9. The molecule has 0 amide bonds. The van der Waals surface area contributed by atoms with E-state index >= 15 is 0 Å². The summed E-state index contributed by atoms with van der Waals surface area (Å²) < 4.78 is 19.1. The van der Waals surface area contributed by atoms with E-state index in [9.17, 15) is 15.4 Å². The second kappa shape index (κ2) is 12.4. The molecular formula is C42H36N2O5. The van der Waals surface area contributed by atoms with E-state index in [1.165, 1.54) is 23.6 Å². The molecule has 49 heavy (non-hydrogen) atoms. The Bertz CT molecular complexity index is 2040. The number of nitro benzene ring substituents is 1. The Morgan fingerprint density at radius 2 is 1.24 bits per heavy atom. The Hall–Kier alpha value is -5.61. The van der Waals surface area contributed by atoms with Crippen LogP contribution in [0.1, 0.15) is 60.8 Å². The molecule has 7 nitrogen and oxygen atoms in total. The number of rotatable bonds is 10. The van der Waals surface area contributed by atoms with Crippen molar-refractivity contribution in [2.75, 3.05) is 0 Å². The summed E-state index contributed by atoms with van der Waals surface area (Å²) in [6.07, 6.45) is 6.72. The van der Waals surface area contributed by atoms with Gasteiger partial charge in [-0.25, -0.2) is 0 Å². The molecule has 0 aromatic heterocycles. The number of benzene rings is 5. The maximum Gasteiger partial charge on any atom is 0.311 e. The molecule has 2 atom stereocenters. The molecule has 4 aliphatic carbocycles. The molecule has 2 unspecified atom stereocenters. The van der Waals surface area contributed by atoms with Crippen LogP contribution in [-0.2, 0) is 17.4 Å². The van der Waals surface area contributed by atoms with E-state index in [1.807, 2.05) is 60.7 Å². The maximum atomic E-state index is 11.9. The van der Waals surface area contributed by atoms with Crippen LogP contribution in [0.15, 0.2) is 121 Å². The van der Waals surface area contributed by atoms with Gasteiger partial charge >= 0.3 is 5.69 Å². The van der Waals surface area contributed by atoms with Crippen molar-refractivity contribution < 1.29 is 19.1 Å². The Balaban J connectivity index is 1.11. The normalized spacial score (nSPS) is 23.4. The Morgan fingerprint density at radius 3 is 1.84 bits per heavy atom. The summed E-state index contributed by atoms with van der Waals surface area (Å²) in [5, 5.41) is 21.1. The van der Waals surface area contributed by atoms with Gasteiger partial charge in [0.05, 0.1) is 16.6 Å². The standard InChI is InChI=1S/C42H36N2O5/c43-26-29-14-16-33(17-15-29)48-38-12-6-4-10-35(38)41-22-31-20-32(23-41)25-42(24-31,28-41)36-11-5-7-13-39(36)49-34-18-19-37(44(45)46)40(21-34)47-27-30-8-2-1-3-9-30/h1-19,21,31-32H,20,22-25,27-28H2. The van der Waals surface area contributed by atoms with Crippen molar-refractivity contribution >= 4 is 5.69 Å².